The lowest BCUT2D eigenvalue weighted by molar-refractivity contribution is 1.23. The van der Waals surface area contributed by atoms with E-state index in [9.17, 15) is 0 Å². The van der Waals surface area contributed by atoms with E-state index in [2.05, 4.69) is 57.5 Å². The van der Waals surface area contributed by atoms with E-state index >= 15 is 0 Å². The number of hydrogen-bond donors (Lipinski definition) is 3. The van der Waals surface area contributed by atoms with Crippen LogP contribution in [-0.2, 0) is 0 Å². The number of H-pyrrole nitrogens is 2. The fourth-order valence-corrected chi connectivity index (χ4v) is 3.56. The molecular weight excluding hydrogens is 332 g/mol. The lowest BCUT2D eigenvalue weighted by Gasteiger charge is -2.06. The molecule has 4 N–H and O–H groups in total. The van der Waals surface area contributed by atoms with Gasteiger partial charge in [0.2, 0.25) is 0 Å². The van der Waals surface area contributed by atoms with Gasteiger partial charge in [-0.2, -0.15) is 5.10 Å². The van der Waals surface area contributed by atoms with Crippen molar-refractivity contribution in [3.8, 4) is 11.3 Å². The SMILES string of the molecule is N/N=C(/c1cccc(-c2cc3ccccc3[nH]2)c1)c1cc2ccccc2[nH]1. The molecule has 2 heterocycles. The van der Waals surface area contributed by atoms with Gasteiger partial charge in [-0.1, -0.05) is 54.6 Å². The Kier molecular flexibility index (Phi) is 3.54. The number of nitrogens with two attached hydrogens (primary N) is 1. The Bertz CT molecular complexity index is 1220. The number of para-hydroxylation sites is 2. The molecule has 0 unspecified atom stereocenters. The lowest BCUT2D eigenvalue weighted by atomic mass is 10.0. The molecule has 0 atom stereocenters. The van der Waals surface area contributed by atoms with Gasteiger partial charge in [0.05, 0.1) is 5.69 Å². The molecule has 0 aliphatic carbocycles. The van der Waals surface area contributed by atoms with Crippen LogP contribution in [0.1, 0.15) is 11.3 Å². The lowest BCUT2D eigenvalue weighted by Crippen LogP contribution is -2.07. The van der Waals surface area contributed by atoms with Crippen LogP contribution in [0, 0.1) is 0 Å². The van der Waals surface area contributed by atoms with Gasteiger partial charge in [-0.25, -0.2) is 0 Å². The molecule has 5 rings (SSSR count). The molecular formula is C23H18N4. The Morgan fingerprint density at radius 3 is 2.11 bits per heavy atom. The molecule has 130 valence electrons. The predicted octanol–water partition coefficient (Wildman–Crippen LogP) is 5.03. The van der Waals surface area contributed by atoms with Crippen LogP contribution in [0.5, 0.6) is 0 Å². The second kappa shape index (κ2) is 6.18. The minimum absolute atomic E-state index is 0.740. The molecule has 27 heavy (non-hydrogen) atoms. The standard InChI is InChI=1S/C23H18N4/c24-27-23(22-14-17-7-2-4-11-20(17)26-22)18-9-5-8-15(12-18)21-13-16-6-1-3-10-19(16)25-21/h1-14,25-26H,24H2/b27-23-. The van der Waals surface area contributed by atoms with E-state index in [4.69, 9.17) is 5.84 Å². The Labute approximate surface area is 156 Å². The first-order valence-corrected chi connectivity index (χ1v) is 8.86. The Morgan fingerprint density at radius 1 is 0.704 bits per heavy atom. The van der Waals surface area contributed by atoms with Crippen molar-refractivity contribution >= 4 is 27.5 Å². The molecule has 0 spiro atoms. The zero-order valence-electron chi connectivity index (χ0n) is 14.6. The van der Waals surface area contributed by atoms with E-state index in [1.807, 2.05) is 42.5 Å². The number of fused-ring (bicyclic) bond motifs is 2. The first-order valence-electron chi connectivity index (χ1n) is 8.86. The van der Waals surface area contributed by atoms with Gasteiger partial charge in [0.15, 0.2) is 0 Å². The molecule has 5 aromatic rings. The van der Waals surface area contributed by atoms with Crippen LogP contribution in [0.25, 0.3) is 33.1 Å². The third-order valence-corrected chi connectivity index (χ3v) is 4.89. The summed E-state index contributed by atoms with van der Waals surface area (Å²) in [5.74, 6) is 5.77. The largest absolute Gasteiger partial charge is 0.355 e. The van der Waals surface area contributed by atoms with Crippen molar-refractivity contribution in [1.82, 2.24) is 9.97 Å². The summed E-state index contributed by atoms with van der Waals surface area (Å²) >= 11 is 0. The fourth-order valence-electron chi connectivity index (χ4n) is 3.56. The van der Waals surface area contributed by atoms with Crippen molar-refractivity contribution in [3.63, 3.8) is 0 Å². The Morgan fingerprint density at radius 2 is 1.41 bits per heavy atom. The summed E-state index contributed by atoms with van der Waals surface area (Å²) < 4.78 is 0. The minimum Gasteiger partial charge on any atom is -0.355 e. The second-order valence-electron chi connectivity index (χ2n) is 6.60. The van der Waals surface area contributed by atoms with Gasteiger partial charge in [-0.3, -0.25) is 0 Å². The first-order chi connectivity index (χ1) is 13.3. The number of aromatic nitrogens is 2. The van der Waals surface area contributed by atoms with Crippen molar-refractivity contribution in [2.45, 2.75) is 0 Å². The molecule has 0 saturated carbocycles. The highest BCUT2D eigenvalue weighted by atomic mass is 15.1. The van der Waals surface area contributed by atoms with E-state index in [-0.39, 0.29) is 0 Å². The molecule has 0 aliphatic rings. The Balaban J connectivity index is 1.59. The van der Waals surface area contributed by atoms with Gasteiger partial charge in [-0.05, 0) is 35.9 Å². The van der Waals surface area contributed by atoms with Crippen molar-refractivity contribution in [2.75, 3.05) is 0 Å². The second-order valence-corrected chi connectivity index (χ2v) is 6.60. The van der Waals surface area contributed by atoms with E-state index in [1.165, 1.54) is 5.39 Å². The smallest absolute Gasteiger partial charge is 0.113 e. The van der Waals surface area contributed by atoms with Crippen LogP contribution in [0.15, 0.2) is 90.0 Å². The maximum Gasteiger partial charge on any atom is 0.113 e. The van der Waals surface area contributed by atoms with Crippen LogP contribution >= 0.6 is 0 Å². The van der Waals surface area contributed by atoms with E-state index in [0.29, 0.717) is 0 Å². The van der Waals surface area contributed by atoms with E-state index in [1.54, 1.807) is 0 Å². The van der Waals surface area contributed by atoms with Crippen LogP contribution < -0.4 is 5.84 Å². The zero-order valence-corrected chi connectivity index (χ0v) is 14.6. The number of aromatic amines is 2. The maximum atomic E-state index is 5.77. The summed E-state index contributed by atoms with van der Waals surface area (Å²) in [5.41, 5.74) is 6.99. The number of hydrogen-bond acceptors (Lipinski definition) is 2. The quantitative estimate of drug-likeness (QED) is 0.238. The topological polar surface area (TPSA) is 70.0 Å². The van der Waals surface area contributed by atoms with Crippen LogP contribution in [0.3, 0.4) is 0 Å². The van der Waals surface area contributed by atoms with Gasteiger partial charge in [0, 0.05) is 33.1 Å². The summed E-state index contributed by atoms with van der Waals surface area (Å²) in [6.45, 7) is 0. The molecule has 4 nitrogen and oxygen atoms in total. The molecule has 0 aliphatic heterocycles. The summed E-state index contributed by atoms with van der Waals surface area (Å²) in [5, 5.41) is 6.41. The summed E-state index contributed by atoms with van der Waals surface area (Å²) in [6, 6.07) is 28.9. The highest BCUT2D eigenvalue weighted by Crippen LogP contribution is 2.26. The molecule has 0 amide bonds. The summed E-state index contributed by atoms with van der Waals surface area (Å²) in [6.07, 6.45) is 0. The fraction of sp³-hybridized carbons (Fsp3) is 0. The molecule has 0 bridgehead atoms. The monoisotopic (exact) mass is 350 g/mol. The number of rotatable bonds is 3. The number of nitrogens with zero attached hydrogens (tertiary/aromatic N) is 1. The van der Waals surface area contributed by atoms with Gasteiger partial charge in [0.25, 0.3) is 0 Å². The number of nitrogens with one attached hydrogen (secondary N) is 2. The molecule has 0 fully saturated rings. The van der Waals surface area contributed by atoms with Crippen LogP contribution in [-0.4, -0.2) is 15.7 Å². The average Bonchev–Trinajstić information content (AvgIpc) is 3.33. The van der Waals surface area contributed by atoms with Crippen LogP contribution in [0.4, 0.5) is 0 Å². The molecule has 2 aromatic heterocycles. The normalized spacial score (nSPS) is 12.1. The molecule has 3 aromatic carbocycles. The van der Waals surface area contributed by atoms with Crippen molar-refractivity contribution in [1.29, 1.82) is 0 Å². The van der Waals surface area contributed by atoms with Crippen molar-refractivity contribution in [3.05, 3.63) is 96.2 Å². The number of hydrazone groups is 1. The van der Waals surface area contributed by atoms with E-state index in [0.717, 1.165) is 44.6 Å². The van der Waals surface area contributed by atoms with E-state index < -0.39 is 0 Å². The maximum absolute atomic E-state index is 5.77. The van der Waals surface area contributed by atoms with Crippen molar-refractivity contribution < 1.29 is 0 Å². The number of benzene rings is 3. The van der Waals surface area contributed by atoms with Crippen molar-refractivity contribution in [2.24, 2.45) is 10.9 Å². The third-order valence-electron chi connectivity index (χ3n) is 4.89. The zero-order chi connectivity index (χ0) is 18.2. The average molecular weight is 350 g/mol. The summed E-state index contributed by atoms with van der Waals surface area (Å²) in [7, 11) is 0. The third kappa shape index (κ3) is 2.68. The first kappa shape index (κ1) is 15.5. The predicted molar refractivity (Wildman–Crippen MR) is 112 cm³/mol. The summed E-state index contributed by atoms with van der Waals surface area (Å²) in [4.78, 5) is 6.89. The Hall–Kier alpha value is -3.79. The van der Waals surface area contributed by atoms with Gasteiger partial charge >= 0.3 is 0 Å². The highest BCUT2D eigenvalue weighted by Gasteiger charge is 2.12. The molecule has 0 radical (unpaired) electrons. The highest BCUT2D eigenvalue weighted by molar-refractivity contribution is 6.14. The van der Waals surface area contributed by atoms with Gasteiger partial charge in [0.1, 0.15) is 5.71 Å². The molecule has 4 heteroatoms. The minimum atomic E-state index is 0.740. The van der Waals surface area contributed by atoms with Gasteiger partial charge < -0.3 is 15.8 Å². The van der Waals surface area contributed by atoms with Gasteiger partial charge in [-0.15, -0.1) is 0 Å². The van der Waals surface area contributed by atoms with Crippen LogP contribution in [0.2, 0.25) is 0 Å². The molecule has 0 saturated heterocycles.